The van der Waals surface area contributed by atoms with Crippen molar-refractivity contribution >= 4 is 11.0 Å². The first-order valence-corrected chi connectivity index (χ1v) is 12.7. The van der Waals surface area contributed by atoms with Gasteiger partial charge in [-0.3, -0.25) is 4.79 Å². The lowest BCUT2D eigenvalue weighted by Gasteiger charge is -2.42. The molecule has 5 rings (SSSR count). The largest absolute Gasteiger partial charge is 0.508 e. The van der Waals surface area contributed by atoms with Crippen molar-refractivity contribution in [2.45, 2.75) is 68.3 Å². The van der Waals surface area contributed by atoms with E-state index in [2.05, 4.69) is 0 Å². The summed E-state index contributed by atoms with van der Waals surface area (Å²) in [5.41, 5.74) is -0.387. The summed E-state index contributed by atoms with van der Waals surface area (Å²) < 4.78 is 27.9. The van der Waals surface area contributed by atoms with Gasteiger partial charge in [0.25, 0.3) is 0 Å². The van der Waals surface area contributed by atoms with E-state index in [1.54, 1.807) is 0 Å². The summed E-state index contributed by atoms with van der Waals surface area (Å²) in [4.78, 5) is 12.8. The first kappa shape index (κ1) is 29.2. The fourth-order valence-corrected chi connectivity index (χ4v) is 4.67. The molecule has 2 aromatic carbocycles. The second-order valence-corrected chi connectivity index (χ2v) is 9.96. The molecule has 0 spiro atoms. The van der Waals surface area contributed by atoms with E-state index >= 15 is 0 Å². The molecule has 2 fully saturated rings. The van der Waals surface area contributed by atoms with Crippen LogP contribution in [0.15, 0.2) is 51.7 Å². The number of hydrogen-bond acceptors (Lipinski definition) is 14. The molecule has 14 nitrogen and oxygen atoms in total. The third-order valence-corrected chi connectivity index (χ3v) is 7.12. The molecule has 1 aromatic heterocycles. The molecule has 0 saturated carbocycles. The van der Waals surface area contributed by atoms with Gasteiger partial charge in [-0.05, 0) is 43.3 Å². The summed E-state index contributed by atoms with van der Waals surface area (Å²) in [6.07, 6.45) is -14.7. The minimum absolute atomic E-state index is 0.0115. The van der Waals surface area contributed by atoms with Crippen LogP contribution < -0.4 is 10.2 Å². The Balaban J connectivity index is 1.34. The highest BCUT2D eigenvalue weighted by molar-refractivity contribution is 5.83. The van der Waals surface area contributed by atoms with Gasteiger partial charge in [0.1, 0.15) is 59.8 Å². The molecule has 2 aliphatic heterocycles. The van der Waals surface area contributed by atoms with E-state index in [9.17, 15) is 45.6 Å². The van der Waals surface area contributed by atoms with Gasteiger partial charge in [-0.2, -0.15) is 0 Å². The molecule has 0 amide bonds. The van der Waals surface area contributed by atoms with E-state index in [1.165, 1.54) is 49.4 Å². The van der Waals surface area contributed by atoms with Crippen molar-refractivity contribution in [2.75, 3.05) is 6.61 Å². The van der Waals surface area contributed by atoms with Gasteiger partial charge in [0.15, 0.2) is 12.1 Å². The molecule has 0 aliphatic carbocycles. The summed E-state index contributed by atoms with van der Waals surface area (Å²) in [5.74, 6) is -0.774. The fourth-order valence-electron chi connectivity index (χ4n) is 4.67. The Morgan fingerprint density at radius 1 is 0.780 bits per heavy atom. The van der Waals surface area contributed by atoms with Gasteiger partial charge < -0.3 is 64.2 Å². The number of hydrogen-bond donors (Lipinski definition) is 8. The monoisotopic (exact) mass is 578 g/mol. The number of ether oxygens (including phenoxy) is 4. The van der Waals surface area contributed by atoms with E-state index in [1.807, 2.05) is 0 Å². The minimum atomic E-state index is -1.73. The molecule has 2 aliphatic rings. The van der Waals surface area contributed by atoms with Gasteiger partial charge in [-0.25, -0.2) is 0 Å². The smallest absolute Gasteiger partial charge is 0.235 e. The predicted molar refractivity (Wildman–Crippen MR) is 137 cm³/mol. The molecule has 3 heterocycles. The highest BCUT2D eigenvalue weighted by Crippen LogP contribution is 2.33. The summed E-state index contributed by atoms with van der Waals surface area (Å²) in [6.45, 7) is 0.997. The van der Waals surface area contributed by atoms with Gasteiger partial charge in [0, 0.05) is 11.6 Å². The quantitative estimate of drug-likeness (QED) is 0.174. The van der Waals surface area contributed by atoms with Gasteiger partial charge in [0.05, 0.1) is 18.1 Å². The maximum atomic E-state index is 12.8. The van der Waals surface area contributed by atoms with E-state index in [0.717, 1.165) is 0 Å². The Morgan fingerprint density at radius 3 is 2.15 bits per heavy atom. The summed E-state index contributed by atoms with van der Waals surface area (Å²) >= 11 is 0. The Labute approximate surface area is 231 Å². The zero-order chi connectivity index (χ0) is 29.6. The van der Waals surface area contributed by atoms with Crippen molar-refractivity contribution in [2.24, 2.45) is 0 Å². The van der Waals surface area contributed by atoms with Crippen molar-refractivity contribution in [1.29, 1.82) is 0 Å². The van der Waals surface area contributed by atoms with Crippen LogP contribution in [-0.2, 0) is 14.2 Å². The molecule has 2 saturated heterocycles. The molecule has 0 unspecified atom stereocenters. The van der Waals surface area contributed by atoms with Crippen molar-refractivity contribution in [1.82, 2.24) is 0 Å². The molecule has 14 heteroatoms. The molecular weight excluding hydrogens is 548 g/mol. The van der Waals surface area contributed by atoms with Crippen LogP contribution in [0, 0.1) is 0 Å². The third-order valence-electron chi connectivity index (χ3n) is 7.12. The van der Waals surface area contributed by atoms with Crippen LogP contribution in [0.2, 0.25) is 0 Å². The van der Waals surface area contributed by atoms with Gasteiger partial charge in [-0.15, -0.1) is 0 Å². The minimum Gasteiger partial charge on any atom is -0.508 e. The normalized spacial score (nSPS) is 34.0. The summed E-state index contributed by atoms with van der Waals surface area (Å²) in [7, 11) is 0. The number of fused-ring (bicyclic) bond motifs is 1. The van der Waals surface area contributed by atoms with Gasteiger partial charge >= 0.3 is 0 Å². The Morgan fingerprint density at radius 2 is 1.44 bits per heavy atom. The maximum absolute atomic E-state index is 12.8. The molecule has 41 heavy (non-hydrogen) atoms. The Bertz CT molecular complexity index is 1420. The van der Waals surface area contributed by atoms with Gasteiger partial charge in [0.2, 0.25) is 17.5 Å². The fraction of sp³-hybridized carbons (Fsp3) is 0.444. The maximum Gasteiger partial charge on any atom is 0.235 e. The predicted octanol–water partition coefficient (Wildman–Crippen LogP) is -1.10. The van der Waals surface area contributed by atoms with Crippen molar-refractivity contribution in [3.63, 3.8) is 0 Å². The van der Waals surface area contributed by atoms with Crippen LogP contribution in [0.1, 0.15) is 6.92 Å². The number of aliphatic hydroxyl groups excluding tert-OH is 6. The highest BCUT2D eigenvalue weighted by Gasteiger charge is 2.47. The topological polar surface area (TPSA) is 229 Å². The summed E-state index contributed by atoms with van der Waals surface area (Å²) in [6, 6.07) is 9.57. The number of phenols is 1. The second-order valence-electron chi connectivity index (χ2n) is 9.96. The van der Waals surface area contributed by atoms with Crippen molar-refractivity contribution in [3.8, 4) is 28.6 Å². The molecule has 0 radical (unpaired) electrons. The molecule has 222 valence electrons. The van der Waals surface area contributed by atoms with Crippen LogP contribution in [-0.4, -0.2) is 109 Å². The zero-order valence-electron chi connectivity index (χ0n) is 21.5. The van der Waals surface area contributed by atoms with Crippen LogP contribution >= 0.6 is 0 Å². The molecule has 0 bridgehead atoms. The lowest BCUT2D eigenvalue weighted by Crippen LogP contribution is -2.61. The highest BCUT2D eigenvalue weighted by atomic mass is 16.7. The first-order valence-electron chi connectivity index (χ1n) is 12.7. The second kappa shape index (κ2) is 11.5. The lowest BCUT2D eigenvalue weighted by atomic mass is 9.98. The molecule has 3 aromatic rings. The molecular formula is C27H30O14. The average molecular weight is 579 g/mol. The van der Waals surface area contributed by atoms with Crippen LogP contribution in [0.4, 0.5) is 0 Å². The Hall–Kier alpha value is -3.31. The van der Waals surface area contributed by atoms with Crippen molar-refractivity contribution < 1.29 is 64.2 Å². The van der Waals surface area contributed by atoms with Crippen molar-refractivity contribution in [3.05, 3.63) is 52.7 Å². The number of aliphatic hydroxyl groups is 6. The standard InChI is InChI=1S/C27H30O14/c1-10-17(29)20(32)23(35)26(38-10)37-9-16-19(31)21(33)24(36)27(41-16)39-13-6-7-14-15(8-13)40-25(22(34)18(14)30)11-2-4-12(28)5-3-11/h2-8,10,16-17,19-21,23-24,26-29,31-36H,9H2,1H3/t10-,16+,17-,19+,20+,21-,23+,24+,26+,27+/m0/s1. The van der Waals surface area contributed by atoms with E-state index in [0.29, 0.717) is 5.56 Å². The lowest BCUT2D eigenvalue weighted by molar-refractivity contribution is -0.318. The molecule has 10 atom stereocenters. The molecule has 8 N–H and O–H groups in total. The average Bonchev–Trinajstić information content (AvgIpc) is 2.96. The Kier molecular flexibility index (Phi) is 8.20. The number of aromatic hydroxyl groups is 2. The SMILES string of the molecule is C[C@@H]1O[C@@H](OC[C@H]2O[C@@H](Oc3ccc4c(=O)c(O)c(-c5ccc(O)cc5)oc4c3)[C@H](O)[C@@H](O)[C@@H]2O)[C@H](O)[C@H](O)[C@H]1O. The van der Waals surface area contributed by atoms with Gasteiger partial charge in [-0.1, -0.05) is 0 Å². The number of phenolic OH excluding ortho intramolecular Hbond substituents is 1. The third kappa shape index (κ3) is 5.61. The van der Waals surface area contributed by atoms with E-state index in [4.69, 9.17) is 23.4 Å². The zero-order valence-corrected chi connectivity index (χ0v) is 21.5. The van der Waals surface area contributed by atoms with Crippen LogP contribution in [0.3, 0.4) is 0 Å². The first-order chi connectivity index (χ1) is 19.5. The van der Waals surface area contributed by atoms with Crippen LogP contribution in [0.25, 0.3) is 22.3 Å². The van der Waals surface area contributed by atoms with Crippen LogP contribution in [0.5, 0.6) is 17.2 Å². The number of benzene rings is 2. The number of rotatable bonds is 6. The van der Waals surface area contributed by atoms with E-state index < -0.39 is 79.2 Å². The summed E-state index contributed by atoms with van der Waals surface area (Å²) in [5, 5.41) is 81.3. The van der Waals surface area contributed by atoms with E-state index in [-0.39, 0.29) is 28.2 Å².